The smallest absolute Gasteiger partial charge is 0.154 e. The third-order valence-electron chi connectivity index (χ3n) is 3.70. The van der Waals surface area contributed by atoms with E-state index in [1.165, 1.54) is 6.26 Å². The Morgan fingerprint density at radius 1 is 1.38 bits per heavy atom. The van der Waals surface area contributed by atoms with Crippen molar-refractivity contribution in [3.05, 3.63) is 24.0 Å². The van der Waals surface area contributed by atoms with E-state index in [0.717, 1.165) is 5.52 Å². The molecule has 0 amide bonds. The average Bonchev–Trinajstić information content (AvgIpc) is 2.75. The van der Waals surface area contributed by atoms with Gasteiger partial charge >= 0.3 is 0 Å². The van der Waals surface area contributed by atoms with Gasteiger partial charge in [-0.25, -0.2) is 13.4 Å². The van der Waals surface area contributed by atoms with Crippen LogP contribution in [0.2, 0.25) is 0 Å². The second-order valence-corrected chi connectivity index (χ2v) is 8.52. The molecule has 0 aliphatic heterocycles. The van der Waals surface area contributed by atoms with E-state index in [-0.39, 0.29) is 12.4 Å². The minimum Gasteiger partial charge on any atom is -0.494 e. The number of alkyl halides is 1. The van der Waals surface area contributed by atoms with Crippen LogP contribution in [0.25, 0.3) is 11.0 Å². The summed E-state index contributed by atoms with van der Waals surface area (Å²) in [5, 5.41) is 0. The first-order valence-electron chi connectivity index (χ1n) is 6.49. The lowest BCUT2D eigenvalue weighted by Gasteiger charge is -2.24. The molecule has 0 saturated carbocycles. The third-order valence-corrected chi connectivity index (χ3v) is 6.08. The van der Waals surface area contributed by atoms with Gasteiger partial charge < -0.3 is 9.30 Å². The molecule has 1 heterocycles. The number of ether oxygens (including phenoxy) is 1. The number of halogens is 1. The molecule has 0 radical (unpaired) electrons. The summed E-state index contributed by atoms with van der Waals surface area (Å²) in [6, 6.07) is 5.56. The summed E-state index contributed by atoms with van der Waals surface area (Å²) in [6.07, 6.45) is 1.24. The molecule has 0 aliphatic rings. The first-order valence-corrected chi connectivity index (χ1v) is 8.91. The fourth-order valence-electron chi connectivity index (χ4n) is 2.11. The number of hydrogen-bond donors (Lipinski definition) is 0. The Hall–Kier alpha value is -1.27. The molecule has 0 bridgehead atoms. The summed E-state index contributed by atoms with van der Waals surface area (Å²) >= 11 is 5.97. The summed E-state index contributed by atoms with van der Waals surface area (Å²) in [5.41, 5.74) is 1.52. The van der Waals surface area contributed by atoms with Crippen LogP contribution in [-0.2, 0) is 22.3 Å². The Morgan fingerprint density at radius 3 is 2.57 bits per heavy atom. The highest BCUT2D eigenvalue weighted by Gasteiger charge is 2.32. The van der Waals surface area contributed by atoms with Gasteiger partial charge in [-0.3, -0.25) is 0 Å². The van der Waals surface area contributed by atoms with Crippen molar-refractivity contribution in [3.8, 4) is 5.75 Å². The number of para-hydroxylation sites is 1. The molecule has 116 valence electrons. The van der Waals surface area contributed by atoms with Crippen molar-refractivity contribution in [1.82, 2.24) is 9.55 Å². The second kappa shape index (κ2) is 5.50. The van der Waals surface area contributed by atoms with Gasteiger partial charge in [0.1, 0.15) is 17.1 Å². The van der Waals surface area contributed by atoms with Crippen LogP contribution in [0.5, 0.6) is 5.75 Å². The van der Waals surface area contributed by atoms with Crippen molar-refractivity contribution in [3.63, 3.8) is 0 Å². The first-order chi connectivity index (χ1) is 9.71. The van der Waals surface area contributed by atoms with E-state index in [2.05, 4.69) is 4.98 Å². The molecule has 2 rings (SSSR count). The molecule has 0 spiro atoms. The van der Waals surface area contributed by atoms with Crippen LogP contribution in [-0.4, -0.2) is 36.1 Å². The maximum absolute atomic E-state index is 11.9. The van der Waals surface area contributed by atoms with E-state index in [1.54, 1.807) is 21.0 Å². The lowest BCUT2D eigenvalue weighted by atomic mass is 10.2. The van der Waals surface area contributed by atoms with Gasteiger partial charge in [-0.05, 0) is 26.0 Å². The Kier molecular flexibility index (Phi) is 4.22. The Labute approximate surface area is 129 Å². The molecule has 0 unspecified atom stereocenters. The van der Waals surface area contributed by atoms with Gasteiger partial charge in [-0.1, -0.05) is 6.07 Å². The second-order valence-electron chi connectivity index (χ2n) is 5.61. The van der Waals surface area contributed by atoms with Crippen LogP contribution in [0.15, 0.2) is 18.2 Å². The van der Waals surface area contributed by atoms with E-state index in [1.807, 2.05) is 22.8 Å². The molecule has 0 N–H and O–H groups in total. The van der Waals surface area contributed by atoms with E-state index in [0.29, 0.717) is 17.1 Å². The highest BCUT2D eigenvalue weighted by Crippen LogP contribution is 2.29. The average molecular weight is 331 g/mol. The van der Waals surface area contributed by atoms with Crippen LogP contribution in [0.1, 0.15) is 19.7 Å². The van der Waals surface area contributed by atoms with E-state index >= 15 is 0 Å². The highest BCUT2D eigenvalue weighted by atomic mass is 35.5. The number of rotatable bonds is 5. The van der Waals surface area contributed by atoms with Gasteiger partial charge in [0.05, 0.1) is 23.3 Å². The van der Waals surface area contributed by atoms with Crippen LogP contribution in [0.3, 0.4) is 0 Å². The van der Waals surface area contributed by atoms with Crippen LogP contribution >= 0.6 is 11.6 Å². The Balaban J connectivity index is 2.63. The third kappa shape index (κ3) is 2.87. The van der Waals surface area contributed by atoms with E-state index in [9.17, 15) is 8.42 Å². The standard InChI is InChI=1S/C14H19ClN2O3S/c1-14(2,21(4,18)19)9-17-10-6-5-7-11(20-3)13(10)16-12(17)8-15/h5-7H,8-9H2,1-4H3. The van der Waals surface area contributed by atoms with Crippen molar-refractivity contribution in [1.29, 1.82) is 0 Å². The summed E-state index contributed by atoms with van der Waals surface area (Å²) in [4.78, 5) is 4.48. The van der Waals surface area contributed by atoms with Crippen LogP contribution in [0.4, 0.5) is 0 Å². The zero-order chi connectivity index (χ0) is 15.8. The molecule has 21 heavy (non-hydrogen) atoms. The summed E-state index contributed by atoms with van der Waals surface area (Å²) in [5.74, 6) is 1.49. The zero-order valence-corrected chi connectivity index (χ0v) is 14.1. The molecular weight excluding hydrogens is 312 g/mol. The fraction of sp³-hybridized carbons (Fsp3) is 0.500. The molecule has 0 aliphatic carbocycles. The number of benzene rings is 1. The molecule has 0 fully saturated rings. The Morgan fingerprint density at radius 2 is 2.05 bits per heavy atom. The van der Waals surface area contributed by atoms with Crippen molar-refractivity contribution >= 4 is 32.5 Å². The zero-order valence-electron chi connectivity index (χ0n) is 12.6. The van der Waals surface area contributed by atoms with Gasteiger partial charge in [0, 0.05) is 12.8 Å². The van der Waals surface area contributed by atoms with Gasteiger partial charge in [0.2, 0.25) is 0 Å². The summed E-state index contributed by atoms with van der Waals surface area (Å²) in [6.45, 7) is 3.69. The number of fused-ring (bicyclic) bond motifs is 1. The maximum Gasteiger partial charge on any atom is 0.154 e. The molecule has 2 aromatic rings. The SMILES string of the molecule is COc1cccc2c1nc(CCl)n2CC(C)(C)S(C)(=O)=O. The van der Waals surface area contributed by atoms with E-state index < -0.39 is 14.6 Å². The van der Waals surface area contributed by atoms with Gasteiger partial charge in [-0.2, -0.15) is 0 Å². The predicted molar refractivity (Wildman–Crippen MR) is 84.8 cm³/mol. The quantitative estimate of drug-likeness (QED) is 0.791. The van der Waals surface area contributed by atoms with Gasteiger partial charge in [0.25, 0.3) is 0 Å². The molecule has 1 aromatic carbocycles. The van der Waals surface area contributed by atoms with Crippen LogP contribution in [0, 0.1) is 0 Å². The number of nitrogens with zero attached hydrogens (tertiary/aromatic N) is 2. The topological polar surface area (TPSA) is 61.2 Å². The van der Waals surface area contributed by atoms with Crippen molar-refractivity contribution in [2.75, 3.05) is 13.4 Å². The number of methoxy groups -OCH3 is 1. The minimum atomic E-state index is -3.21. The molecule has 0 atom stereocenters. The summed E-state index contributed by atoms with van der Waals surface area (Å²) in [7, 11) is -1.63. The maximum atomic E-state index is 11.9. The molecule has 1 aromatic heterocycles. The van der Waals surface area contributed by atoms with Gasteiger partial charge in [0.15, 0.2) is 9.84 Å². The van der Waals surface area contributed by atoms with Crippen molar-refractivity contribution < 1.29 is 13.2 Å². The van der Waals surface area contributed by atoms with Crippen LogP contribution < -0.4 is 4.74 Å². The van der Waals surface area contributed by atoms with E-state index in [4.69, 9.17) is 16.3 Å². The predicted octanol–water partition coefficient (Wildman–Crippen LogP) is 2.61. The van der Waals surface area contributed by atoms with Crippen molar-refractivity contribution in [2.45, 2.75) is 31.0 Å². The highest BCUT2D eigenvalue weighted by molar-refractivity contribution is 7.92. The fourth-order valence-corrected chi connectivity index (χ4v) is 2.68. The lowest BCUT2D eigenvalue weighted by molar-refractivity contribution is 0.419. The molecule has 5 nitrogen and oxygen atoms in total. The van der Waals surface area contributed by atoms with Gasteiger partial charge in [-0.15, -0.1) is 11.6 Å². The Bertz CT molecular complexity index is 766. The normalized spacial score (nSPS) is 12.8. The first kappa shape index (κ1) is 16.1. The number of sulfone groups is 1. The number of imidazole rings is 1. The molecule has 0 saturated heterocycles. The molecule has 7 heteroatoms. The minimum absolute atomic E-state index is 0.206. The molecular formula is C14H19ClN2O3S. The number of aromatic nitrogens is 2. The monoisotopic (exact) mass is 330 g/mol. The lowest BCUT2D eigenvalue weighted by Crippen LogP contribution is -2.36. The largest absolute Gasteiger partial charge is 0.494 e. The summed E-state index contributed by atoms with van der Waals surface area (Å²) < 4.78 is 30.1. The number of hydrogen-bond acceptors (Lipinski definition) is 4. The van der Waals surface area contributed by atoms with Crippen molar-refractivity contribution in [2.24, 2.45) is 0 Å².